The third-order valence-electron chi connectivity index (χ3n) is 11.9. The first-order chi connectivity index (χ1) is 25.7. The second kappa shape index (κ2) is 16.2. The minimum Gasteiger partial charge on any atom is -0.497 e. The van der Waals surface area contributed by atoms with Crippen LogP contribution in [-0.4, -0.2) is 67.4 Å². The summed E-state index contributed by atoms with van der Waals surface area (Å²) in [6, 6.07) is 28.9. The van der Waals surface area contributed by atoms with Crippen LogP contribution < -0.4 is 9.47 Å². The molecular weight excluding hydrogens is 699 g/mol. The number of allylic oxidation sites excluding steroid dienone is 2. The summed E-state index contributed by atoms with van der Waals surface area (Å²) in [6.45, 7) is 4.02. The molecule has 0 aromatic heterocycles. The van der Waals surface area contributed by atoms with Crippen LogP contribution in [0, 0.1) is 5.41 Å². The van der Waals surface area contributed by atoms with Crippen LogP contribution in [0.15, 0.2) is 103 Å². The number of hydrogen-bond acceptors (Lipinski definition) is 7. The largest absolute Gasteiger partial charge is 0.497 e. The van der Waals surface area contributed by atoms with E-state index in [9.17, 15) is 23.4 Å². The number of aliphatic hydroxyl groups is 2. The molecule has 0 unspecified atom stereocenters. The van der Waals surface area contributed by atoms with Gasteiger partial charge in [-0.1, -0.05) is 91.4 Å². The van der Waals surface area contributed by atoms with E-state index in [0.29, 0.717) is 66.7 Å². The first-order valence-electron chi connectivity index (χ1n) is 18.8. The number of carbonyl (C=O) groups is 1. The molecule has 286 valence electrons. The summed E-state index contributed by atoms with van der Waals surface area (Å²) in [5, 5.41) is 23.9. The number of rotatable bonds is 10. The number of ketones is 1. The molecule has 4 atom stereocenters. The summed E-state index contributed by atoms with van der Waals surface area (Å²) >= 11 is 0. The van der Waals surface area contributed by atoms with Crippen molar-refractivity contribution in [3.8, 4) is 22.6 Å². The van der Waals surface area contributed by atoms with Crippen molar-refractivity contribution in [3.05, 3.63) is 130 Å². The lowest BCUT2D eigenvalue weighted by Gasteiger charge is -2.45. The number of nitrogens with zero attached hydrogens (tertiary/aromatic N) is 1. The number of carbonyl (C=O) groups excluding carboxylic acids is 1. The predicted octanol–water partition coefficient (Wildman–Crippen LogP) is 8.10. The minimum absolute atomic E-state index is 0.00774. The zero-order valence-corrected chi connectivity index (χ0v) is 32.9. The van der Waals surface area contributed by atoms with Gasteiger partial charge in [0.15, 0.2) is 5.78 Å². The van der Waals surface area contributed by atoms with Crippen LogP contribution in [0.4, 0.5) is 0 Å². The van der Waals surface area contributed by atoms with Gasteiger partial charge < -0.3 is 19.7 Å². The molecule has 2 bridgehead atoms. The zero-order valence-electron chi connectivity index (χ0n) is 32.0. The standard InChI is InChI=1S/C45H53NO7S/c1-31-10-9-24-44(2)41(23-25-45(44,49)30-46(54(5,50)51)29-36-19-21-38(52-3)28-42(36)53-4)39-22-14-32(26-37(47)20-13-31)27-40(39)43(48)35-17-15-34(16-18-35)33-11-7-6-8-12-33/h6-8,10-12,14-19,21-22,27-28,37,41,47,49H,9,13,20,23-26,29-30H2,1-5H3/t37-,41-,44-,45+/m0/s1. The molecular formula is C45H53NO7S. The summed E-state index contributed by atoms with van der Waals surface area (Å²) in [5.41, 5.74) is 4.48. The van der Waals surface area contributed by atoms with Crippen LogP contribution in [0.5, 0.6) is 11.5 Å². The van der Waals surface area contributed by atoms with Crippen molar-refractivity contribution in [2.45, 2.75) is 83.0 Å². The van der Waals surface area contributed by atoms with Crippen LogP contribution in [0.2, 0.25) is 0 Å². The first-order valence-corrected chi connectivity index (χ1v) is 20.6. The van der Waals surface area contributed by atoms with Gasteiger partial charge in [-0.15, -0.1) is 0 Å². The number of fused-ring (bicyclic) bond motifs is 8. The van der Waals surface area contributed by atoms with Gasteiger partial charge in [-0.05, 0) is 92.2 Å². The Labute approximate surface area is 320 Å². The molecule has 54 heavy (non-hydrogen) atoms. The van der Waals surface area contributed by atoms with Crippen molar-refractivity contribution in [1.82, 2.24) is 4.31 Å². The van der Waals surface area contributed by atoms with E-state index in [1.165, 1.54) is 23.2 Å². The average Bonchev–Trinajstić information content (AvgIpc) is 3.42. The topological polar surface area (TPSA) is 113 Å². The minimum atomic E-state index is -3.79. The Hall–Kier alpha value is -4.28. The molecule has 4 aromatic rings. The fourth-order valence-electron chi connectivity index (χ4n) is 8.55. The molecule has 7 rings (SSSR count). The van der Waals surface area contributed by atoms with Gasteiger partial charge in [0.25, 0.3) is 0 Å². The van der Waals surface area contributed by atoms with Gasteiger partial charge in [-0.25, -0.2) is 8.42 Å². The third kappa shape index (κ3) is 8.35. The molecule has 0 saturated heterocycles. The molecule has 0 spiro atoms. The quantitative estimate of drug-likeness (QED) is 0.124. The van der Waals surface area contributed by atoms with Crippen LogP contribution in [0.3, 0.4) is 0 Å². The van der Waals surface area contributed by atoms with Crippen LogP contribution in [0.25, 0.3) is 11.1 Å². The predicted molar refractivity (Wildman–Crippen MR) is 214 cm³/mol. The SMILES string of the molecule is COc1ccc(CN(C[C@]2(O)CC[C@H]3c4ccc(cc4C(=O)c4ccc(-c5ccccc5)cc4)C[C@@H](O)CCC(C)=CCC[C@@]32C)S(C)(=O)=O)c(OC)c1. The summed E-state index contributed by atoms with van der Waals surface area (Å²) in [4.78, 5) is 14.6. The third-order valence-corrected chi connectivity index (χ3v) is 13.1. The van der Waals surface area contributed by atoms with Gasteiger partial charge in [-0.2, -0.15) is 4.31 Å². The molecule has 4 aromatic carbocycles. The van der Waals surface area contributed by atoms with Gasteiger partial charge in [-0.3, -0.25) is 4.79 Å². The number of sulfonamides is 1. The van der Waals surface area contributed by atoms with Crippen molar-refractivity contribution in [2.24, 2.45) is 5.41 Å². The lowest BCUT2D eigenvalue weighted by atomic mass is 9.64. The van der Waals surface area contributed by atoms with E-state index in [2.05, 4.69) is 19.9 Å². The monoisotopic (exact) mass is 751 g/mol. The van der Waals surface area contributed by atoms with E-state index >= 15 is 0 Å². The molecule has 1 saturated carbocycles. The Kier molecular flexibility index (Phi) is 11.8. The van der Waals surface area contributed by atoms with Crippen LogP contribution >= 0.6 is 0 Å². The van der Waals surface area contributed by atoms with E-state index < -0.39 is 27.1 Å². The molecule has 1 fully saturated rings. The number of ether oxygens (including phenoxy) is 2. The maximum absolute atomic E-state index is 14.6. The number of aliphatic hydroxyl groups excluding tert-OH is 1. The summed E-state index contributed by atoms with van der Waals surface area (Å²) in [6.07, 6.45) is 6.69. The number of hydrogen-bond donors (Lipinski definition) is 2. The van der Waals surface area contributed by atoms with Crippen molar-refractivity contribution in [2.75, 3.05) is 27.0 Å². The lowest BCUT2D eigenvalue weighted by Crippen LogP contribution is -2.53. The second-order valence-electron chi connectivity index (χ2n) is 15.4. The Morgan fingerprint density at radius 3 is 2.31 bits per heavy atom. The fraction of sp³-hybridized carbons (Fsp3) is 0.400. The molecule has 3 aliphatic carbocycles. The number of methoxy groups -OCH3 is 2. The molecule has 0 heterocycles. The number of benzene rings is 4. The fourth-order valence-corrected chi connectivity index (χ4v) is 9.37. The van der Waals surface area contributed by atoms with Gasteiger partial charge in [0.2, 0.25) is 10.0 Å². The molecule has 2 N–H and O–H groups in total. The highest BCUT2D eigenvalue weighted by Gasteiger charge is 2.58. The van der Waals surface area contributed by atoms with E-state index in [0.717, 1.165) is 28.7 Å². The van der Waals surface area contributed by atoms with E-state index in [-0.39, 0.29) is 24.8 Å². The average molecular weight is 752 g/mol. The van der Waals surface area contributed by atoms with Crippen molar-refractivity contribution in [1.29, 1.82) is 0 Å². The summed E-state index contributed by atoms with van der Waals surface area (Å²) in [5.74, 6) is 0.713. The Balaban J connectivity index is 1.41. The maximum Gasteiger partial charge on any atom is 0.211 e. The van der Waals surface area contributed by atoms with Gasteiger partial charge in [0.05, 0.1) is 32.2 Å². The van der Waals surface area contributed by atoms with Crippen LogP contribution in [-0.2, 0) is 23.0 Å². The second-order valence-corrected chi connectivity index (χ2v) is 17.4. The molecule has 3 aliphatic rings. The first kappa shape index (κ1) is 39.4. The Bertz CT molecular complexity index is 2100. The van der Waals surface area contributed by atoms with Crippen molar-refractivity contribution in [3.63, 3.8) is 0 Å². The van der Waals surface area contributed by atoms with E-state index in [4.69, 9.17) is 9.47 Å². The molecule has 0 aliphatic heterocycles. The maximum atomic E-state index is 14.6. The lowest BCUT2D eigenvalue weighted by molar-refractivity contribution is -0.0731. The van der Waals surface area contributed by atoms with E-state index in [1.54, 1.807) is 25.3 Å². The van der Waals surface area contributed by atoms with Crippen LogP contribution in [0.1, 0.15) is 90.9 Å². The zero-order chi connectivity index (χ0) is 38.7. The highest BCUT2D eigenvalue weighted by molar-refractivity contribution is 7.88. The highest BCUT2D eigenvalue weighted by Crippen LogP contribution is 2.59. The Morgan fingerprint density at radius 1 is 0.907 bits per heavy atom. The highest BCUT2D eigenvalue weighted by atomic mass is 32.2. The van der Waals surface area contributed by atoms with E-state index in [1.807, 2.05) is 72.8 Å². The van der Waals surface area contributed by atoms with Gasteiger partial charge in [0.1, 0.15) is 11.5 Å². The summed E-state index contributed by atoms with van der Waals surface area (Å²) < 4.78 is 39.3. The smallest absolute Gasteiger partial charge is 0.211 e. The van der Waals surface area contributed by atoms with Gasteiger partial charge >= 0.3 is 0 Å². The van der Waals surface area contributed by atoms with Crippen molar-refractivity contribution < 1.29 is 32.9 Å². The molecule has 9 heteroatoms. The van der Waals surface area contributed by atoms with Gasteiger partial charge in [0, 0.05) is 41.3 Å². The molecule has 8 nitrogen and oxygen atoms in total. The van der Waals surface area contributed by atoms with Crippen molar-refractivity contribution >= 4 is 15.8 Å². The normalized spacial score (nSPS) is 23.4. The summed E-state index contributed by atoms with van der Waals surface area (Å²) in [7, 11) is -0.697. The molecule has 0 amide bonds. The molecule has 0 radical (unpaired) electrons. The Morgan fingerprint density at radius 2 is 1.63 bits per heavy atom.